The molecule has 0 radical (unpaired) electrons. The predicted molar refractivity (Wildman–Crippen MR) is 144 cm³/mol. The normalized spacial score (nSPS) is 20.9. The Morgan fingerprint density at radius 1 is 1.11 bits per heavy atom. The lowest BCUT2D eigenvalue weighted by molar-refractivity contribution is 0.0698. The Labute approximate surface area is 222 Å². The Kier molecular flexibility index (Phi) is 7.32. The van der Waals surface area contributed by atoms with E-state index in [9.17, 15) is 22.9 Å². The molecule has 3 aromatic rings. The highest BCUT2D eigenvalue weighted by atomic mass is 32.2. The van der Waals surface area contributed by atoms with Crippen molar-refractivity contribution in [3.05, 3.63) is 71.7 Å². The second-order valence-electron chi connectivity index (χ2n) is 10.1. The molecule has 2 fully saturated rings. The zero-order valence-corrected chi connectivity index (χ0v) is 22.1. The molecule has 1 amide bonds. The smallest absolute Gasteiger partial charge is 0.257 e. The van der Waals surface area contributed by atoms with Crippen LogP contribution in [-0.2, 0) is 16.4 Å². The van der Waals surface area contributed by atoms with E-state index in [2.05, 4.69) is 28.1 Å². The number of carbonyl (C=O) groups excluding carboxylic acids is 1. The summed E-state index contributed by atoms with van der Waals surface area (Å²) in [4.78, 5) is 22.0. The molecule has 0 saturated carbocycles. The minimum Gasteiger partial charge on any atom is -0.370 e. The largest absolute Gasteiger partial charge is 0.370 e. The lowest BCUT2D eigenvalue weighted by Gasteiger charge is -2.39. The molecule has 3 heterocycles. The van der Waals surface area contributed by atoms with Gasteiger partial charge in [0.1, 0.15) is 5.82 Å². The molecule has 2 unspecified atom stereocenters. The monoisotopic (exact) mass is 535 g/mol. The van der Waals surface area contributed by atoms with Crippen LogP contribution in [0.25, 0.3) is 10.9 Å². The van der Waals surface area contributed by atoms with Crippen molar-refractivity contribution >= 4 is 32.5 Å². The number of benzene rings is 2. The van der Waals surface area contributed by atoms with Crippen LogP contribution in [0, 0.1) is 29.0 Å². The van der Waals surface area contributed by atoms with E-state index in [0.717, 1.165) is 12.0 Å². The van der Waals surface area contributed by atoms with Gasteiger partial charge in [0.2, 0.25) is 10.0 Å². The maximum absolute atomic E-state index is 14.5. The topological polar surface area (TPSA) is 97.6 Å². The van der Waals surface area contributed by atoms with Gasteiger partial charge in [-0.05, 0) is 42.5 Å². The first kappa shape index (κ1) is 26.1. The van der Waals surface area contributed by atoms with Crippen molar-refractivity contribution in [1.29, 1.82) is 5.26 Å². The van der Waals surface area contributed by atoms with Crippen molar-refractivity contribution < 1.29 is 17.6 Å². The molecule has 2 saturated heterocycles. The van der Waals surface area contributed by atoms with E-state index in [0.29, 0.717) is 41.7 Å². The predicted octanol–water partition coefficient (Wildman–Crippen LogP) is 3.30. The molecule has 5 rings (SSSR count). The number of pyridine rings is 1. The van der Waals surface area contributed by atoms with Gasteiger partial charge in [-0.1, -0.05) is 30.3 Å². The number of fused-ring (bicyclic) bond motifs is 1. The van der Waals surface area contributed by atoms with Crippen LogP contribution in [0.15, 0.2) is 54.7 Å². The summed E-state index contributed by atoms with van der Waals surface area (Å²) in [6.45, 7) is 2.08. The van der Waals surface area contributed by atoms with Gasteiger partial charge in [0, 0.05) is 50.9 Å². The minimum absolute atomic E-state index is 0.0363. The van der Waals surface area contributed by atoms with E-state index in [4.69, 9.17) is 0 Å². The van der Waals surface area contributed by atoms with Gasteiger partial charge >= 0.3 is 0 Å². The van der Waals surface area contributed by atoms with Crippen molar-refractivity contribution in [2.75, 3.05) is 50.4 Å². The van der Waals surface area contributed by atoms with Crippen LogP contribution in [0.1, 0.15) is 22.3 Å². The Hall–Kier alpha value is -3.55. The van der Waals surface area contributed by atoms with Crippen LogP contribution >= 0.6 is 0 Å². The van der Waals surface area contributed by atoms with E-state index in [1.807, 2.05) is 18.2 Å². The third-order valence-electron chi connectivity index (χ3n) is 7.58. The number of rotatable bonds is 5. The summed E-state index contributed by atoms with van der Waals surface area (Å²) in [6.07, 6.45) is 4.07. The van der Waals surface area contributed by atoms with Crippen molar-refractivity contribution in [2.24, 2.45) is 11.8 Å². The molecule has 38 heavy (non-hydrogen) atoms. The Morgan fingerprint density at radius 2 is 1.84 bits per heavy atom. The summed E-state index contributed by atoms with van der Waals surface area (Å²) < 4.78 is 39.7. The molecule has 0 bridgehead atoms. The molecular weight excluding hydrogens is 505 g/mol. The molecule has 0 N–H and O–H groups in total. The van der Waals surface area contributed by atoms with Gasteiger partial charge in [-0.3, -0.25) is 9.78 Å². The van der Waals surface area contributed by atoms with Crippen LogP contribution in [0.3, 0.4) is 0 Å². The third-order valence-corrected chi connectivity index (χ3v) is 8.89. The van der Waals surface area contributed by atoms with Crippen LogP contribution in [-0.4, -0.2) is 74.0 Å². The SMILES string of the molecule is CS(=O)(=O)N1CCN(C(=O)c2cnc3ccc(F)cc3c2N2CCC(C#N)C(Cc3ccccc3)C2)CC1. The average molecular weight is 536 g/mol. The Balaban J connectivity index is 1.50. The summed E-state index contributed by atoms with van der Waals surface area (Å²) in [5, 5.41) is 10.4. The van der Waals surface area contributed by atoms with Crippen molar-refractivity contribution in [1.82, 2.24) is 14.2 Å². The van der Waals surface area contributed by atoms with E-state index in [1.54, 1.807) is 17.2 Å². The molecule has 2 atom stereocenters. The van der Waals surface area contributed by atoms with E-state index < -0.39 is 15.8 Å². The molecule has 0 spiro atoms. The number of carbonyl (C=O) groups is 1. The summed E-state index contributed by atoms with van der Waals surface area (Å²) in [7, 11) is -3.33. The van der Waals surface area contributed by atoms with Crippen LogP contribution in [0.2, 0.25) is 0 Å². The first-order valence-corrected chi connectivity index (χ1v) is 14.6. The third kappa shape index (κ3) is 5.35. The highest BCUT2D eigenvalue weighted by molar-refractivity contribution is 7.88. The highest BCUT2D eigenvalue weighted by Gasteiger charge is 2.34. The fraction of sp³-hybridized carbons (Fsp3) is 0.393. The van der Waals surface area contributed by atoms with E-state index >= 15 is 0 Å². The number of anilines is 1. The number of aromatic nitrogens is 1. The maximum atomic E-state index is 14.5. The van der Waals surface area contributed by atoms with Gasteiger partial charge in [-0.2, -0.15) is 9.57 Å². The zero-order chi connectivity index (χ0) is 26.9. The van der Waals surface area contributed by atoms with E-state index in [-0.39, 0.29) is 43.9 Å². The summed E-state index contributed by atoms with van der Waals surface area (Å²) >= 11 is 0. The van der Waals surface area contributed by atoms with Gasteiger partial charge in [0.05, 0.1) is 35.0 Å². The average Bonchev–Trinajstić information content (AvgIpc) is 2.92. The Morgan fingerprint density at radius 3 is 2.53 bits per heavy atom. The number of hydrogen-bond acceptors (Lipinski definition) is 6. The fourth-order valence-electron chi connectivity index (χ4n) is 5.57. The summed E-state index contributed by atoms with van der Waals surface area (Å²) in [5.41, 5.74) is 2.72. The van der Waals surface area contributed by atoms with Gasteiger partial charge in [-0.25, -0.2) is 12.8 Å². The number of nitriles is 1. The fourth-order valence-corrected chi connectivity index (χ4v) is 6.40. The lowest BCUT2D eigenvalue weighted by atomic mass is 9.82. The number of amides is 1. The first-order chi connectivity index (χ1) is 18.2. The molecule has 0 aliphatic carbocycles. The molecule has 198 valence electrons. The molecule has 10 heteroatoms. The Bertz CT molecular complexity index is 1480. The van der Waals surface area contributed by atoms with Gasteiger partial charge in [0.25, 0.3) is 5.91 Å². The number of halogens is 1. The number of sulfonamides is 1. The summed E-state index contributed by atoms with van der Waals surface area (Å²) in [6, 6.07) is 16.9. The number of nitrogens with zero attached hydrogens (tertiary/aromatic N) is 5. The second-order valence-corrected chi connectivity index (χ2v) is 12.0. The molecular formula is C28H30FN5O3S. The van der Waals surface area contributed by atoms with Gasteiger partial charge < -0.3 is 9.80 Å². The lowest BCUT2D eigenvalue weighted by Crippen LogP contribution is -2.50. The number of piperidine rings is 1. The van der Waals surface area contributed by atoms with Crippen molar-refractivity contribution in [3.8, 4) is 6.07 Å². The second kappa shape index (κ2) is 10.7. The van der Waals surface area contributed by atoms with Gasteiger partial charge in [-0.15, -0.1) is 0 Å². The summed E-state index contributed by atoms with van der Waals surface area (Å²) in [5.74, 6) is -0.762. The van der Waals surface area contributed by atoms with Crippen LogP contribution < -0.4 is 4.90 Å². The minimum atomic E-state index is -3.33. The highest BCUT2D eigenvalue weighted by Crippen LogP contribution is 2.36. The van der Waals surface area contributed by atoms with Crippen LogP contribution in [0.5, 0.6) is 0 Å². The molecule has 8 nitrogen and oxygen atoms in total. The van der Waals surface area contributed by atoms with E-state index in [1.165, 1.54) is 22.7 Å². The number of piperazine rings is 1. The maximum Gasteiger partial charge on any atom is 0.257 e. The molecule has 2 aromatic carbocycles. The quantitative estimate of drug-likeness (QED) is 0.497. The number of hydrogen-bond donors (Lipinski definition) is 0. The van der Waals surface area contributed by atoms with Crippen molar-refractivity contribution in [3.63, 3.8) is 0 Å². The zero-order valence-electron chi connectivity index (χ0n) is 21.3. The molecule has 2 aliphatic rings. The van der Waals surface area contributed by atoms with Crippen LogP contribution in [0.4, 0.5) is 10.1 Å². The van der Waals surface area contributed by atoms with Crippen molar-refractivity contribution in [2.45, 2.75) is 12.8 Å². The molecule has 1 aromatic heterocycles. The standard InChI is InChI=1S/C28H30FN5O3S/c1-38(36,37)34-13-11-32(12-14-34)28(35)25-18-31-26-8-7-23(29)16-24(26)27(25)33-10-9-21(17-30)22(19-33)15-20-5-3-2-4-6-20/h2-8,16,18,21-22H,9-15,19H2,1H3. The van der Waals surface area contributed by atoms with Gasteiger partial charge in [0.15, 0.2) is 0 Å². The molecule has 2 aliphatic heterocycles. The first-order valence-electron chi connectivity index (χ1n) is 12.8.